The number of amides is 2. The second-order valence-electron chi connectivity index (χ2n) is 11.5. The van der Waals surface area contributed by atoms with E-state index in [9.17, 15) is 19.5 Å². The average Bonchev–Trinajstić information content (AvgIpc) is 3.54. The molecule has 0 aliphatic carbocycles. The number of piperidine rings is 1. The third-order valence-corrected chi connectivity index (χ3v) is 9.46. The highest BCUT2D eigenvalue weighted by Crippen LogP contribution is 2.42. The van der Waals surface area contributed by atoms with E-state index in [1.54, 1.807) is 52.2 Å². The third kappa shape index (κ3) is 6.61. The van der Waals surface area contributed by atoms with Gasteiger partial charge in [0.1, 0.15) is 5.69 Å². The largest absolute Gasteiger partial charge is 0.493 e. The number of carboxylic acid groups (broad SMARTS) is 1. The summed E-state index contributed by atoms with van der Waals surface area (Å²) in [6, 6.07) is 12.4. The van der Waals surface area contributed by atoms with E-state index >= 15 is 0 Å². The Morgan fingerprint density at radius 3 is 2.41 bits per heavy atom. The number of rotatable bonds is 9. The fraction of sp³-hybridized carbons (Fsp3) is 0.257. The molecule has 252 valence electrons. The first-order valence-electron chi connectivity index (χ1n) is 15.4. The number of carbonyl (C=O) groups is 3. The lowest BCUT2D eigenvalue weighted by atomic mass is 9.99. The summed E-state index contributed by atoms with van der Waals surface area (Å²) in [5.74, 6) is 0.707. The second-order valence-corrected chi connectivity index (χ2v) is 12.3. The Balaban J connectivity index is 1.32. The van der Waals surface area contributed by atoms with Crippen LogP contribution in [0.5, 0.6) is 11.6 Å². The van der Waals surface area contributed by atoms with Crippen LogP contribution in [0.3, 0.4) is 0 Å². The molecule has 1 aliphatic rings. The van der Waals surface area contributed by atoms with Crippen LogP contribution in [0.1, 0.15) is 35.8 Å². The molecule has 0 saturated carbocycles. The van der Waals surface area contributed by atoms with Crippen LogP contribution >= 0.6 is 23.2 Å². The maximum absolute atomic E-state index is 12.3. The molecule has 2 amide bonds. The zero-order chi connectivity index (χ0) is 34.8. The van der Waals surface area contributed by atoms with Crippen molar-refractivity contribution in [3.05, 3.63) is 82.4 Å². The minimum Gasteiger partial charge on any atom is -0.493 e. The van der Waals surface area contributed by atoms with Crippen molar-refractivity contribution in [3.63, 3.8) is 0 Å². The molecule has 0 bridgehead atoms. The van der Waals surface area contributed by atoms with Crippen LogP contribution in [0, 0.1) is 0 Å². The normalized spacial score (nSPS) is 13.4. The summed E-state index contributed by atoms with van der Waals surface area (Å²) in [4.78, 5) is 52.1. The molecule has 5 heterocycles. The Morgan fingerprint density at radius 2 is 1.73 bits per heavy atom. The summed E-state index contributed by atoms with van der Waals surface area (Å²) in [5, 5.41) is 10.8. The summed E-state index contributed by atoms with van der Waals surface area (Å²) in [6.07, 6.45) is 5.71. The zero-order valence-electron chi connectivity index (χ0n) is 26.9. The smallest absolute Gasteiger partial charge is 0.407 e. The first-order valence-corrected chi connectivity index (χ1v) is 16.1. The molecule has 1 saturated heterocycles. The lowest BCUT2D eigenvalue weighted by Crippen LogP contribution is -2.47. The van der Waals surface area contributed by atoms with Gasteiger partial charge in [0.2, 0.25) is 11.8 Å². The lowest BCUT2D eigenvalue weighted by molar-refractivity contribution is -0.130. The highest BCUT2D eigenvalue weighted by molar-refractivity contribution is 6.39. The number of benzene rings is 1. The highest BCUT2D eigenvalue weighted by Gasteiger charge is 2.30. The molecule has 0 radical (unpaired) electrons. The summed E-state index contributed by atoms with van der Waals surface area (Å²) >= 11 is 14.1. The van der Waals surface area contributed by atoms with Gasteiger partial charge >= 0.3 is 6.09 Å². The van der Waals surface area contributed by atoms with Crippen LogP contribution in [0.2, 0.25) is 10.0 Å². The fourth-order valence-corrected chi connectivity index (χ4v) is 6.81. The molecule has 5 aromatic rings. The number of hydrogen-bond donors (Lipinski definition) is 1. The van der Waals surface area contributed by atoms with Gasteiger partial charge in [-0.3, -0.25) is 14.6 Å². The second kappa shape index (κ2) is 14.1. The average molecular weight is 704 g/mol. The SMILES string of the molecule is COc1nc(-c2cccc(-c3ccnc(-c4cc(OC)c5nc(C=O)cn5c4)c3Cl)c2Cl)ccc1CN(C(=O)O)C1CCN(C(C)=O)CC1. The van der Waals surface area contributed by atoms with Crippen molar-refractivity contribution >= 4 is 47.1 Å². The molecule has 0 unspecified atom stereocenters. The van der Waals surface area contributed by atoms with Crippen LogP contribution in [0.4, 0.5) is 4.79 Å². The van der Waals surface area contributed by atoms with Crippen molar-refractivity contribution in [1.82, 2.24) is 29.2 Å². The topological polar surface area (TPSA) is 139 Å². The van der Waals surface area contributed by atoms with Crippen LogP contribution in [-0.2, 0) is 11.3 Å². The standard InChI is InChI=1S/C35H32Cl2N6O6/c1-20(45)41-13-10-24(11-14-41)43(35(46)47)17-21-7-8-28(40-34(21)49-3)27-6-4-5-25(30(27)36)26-9-12-38-32(31(26)37)22-15-29(48-2)33-39-23(19-44)18-42(33)16-22/h4-9,12,15-16,18-19,24H,10-11,13-14,17H2,1-3H3,(H,46,47). The Hall–Kier alpha value is -5.20. The van der Waals surface area contributed by atoms with E-state index in [0.29, 0.717) is 92.9 Å². The van der Waals surface area contributed by atoms with Gasteiger partial charge in [0.05, 0.1) is 42.2 Å². The fourth-order valence-electron chi connectivity index (χ4n) is 6.16. The van der Waals surface area contributed by atoms with Gasteiger partial charge in [0.15, 0.2) is 17.7 Å². The quantitative estimate of drug-likeness (QED) is 0.165. The first-order chi connectivity index (χ1) is 23.6. The van der Waals surface area contributed by atoms with E-state index in [1.807, 2.05) is 18.2 Å². The minimum atomic E-state index is -1.05. The summed E-state index contributed by atoms with van der Waals surface area (Å²) in [6.45, 7) is 2.61. The van der Waals surface area contributed by atoms with Crippen molar-refractivity contribution in [3.8, 4) is 45.3 Å². The number of imidazole rings is 1. The molecule has 6 rings (SSSR count). The van der Waals surface area contributed by atoms with E-state index < -0.39 is 6.09 Å². The molecule has 1 N–H and O–H groups in total. The number of hydrogen-bond acceptors (Lipinski definition) is 8. The number of carbonyl (C=O) groups excluding carboxylic acids is 2. The maximum atomic E-state index is 12.3. The zero-order valence-corrected chi connectivity index (χ0v) is 28.4. The molecule has 49 heavy (non-hydrogen) atoms. The molecule has 14 heteroatoms. The van der Waals surface area contributed by atoms with E-state index in [2.05, 4.69) is 9.97 Å². The summed E-state index contributed by atoms with van der Waals surface area (Å²) in [5.41, 5.74) is 4.87. The summed E-state index contributed by atoms with van der Waals surface area (Å²) < 4.78 is 12.9. The van der Waals surface area contributed by atoms with Gasteiger partial charge in [-0.05, 0) is 37.1 Å². The molecule has 1 aromatic carbocycles. The number of nitrogens with zero attached hydrogens (tertiary/aromatic N) is 6. The van der Waals surface area contributed by atoms with E-state index in [-0.39, 0.29) is 30.1 Å². The summed E-state index contributed by atoms with van der Waals surface area (Å²) in [7, 11) is 3.00. The van der Waals surface area contributed by atoms with Gasteiger partial charge < -0.3 is 28.8 Å². The van der Waals surface area contributed by atoms with E-state index in [1.165, 1.54) is 26.0 Å². The van der Waals surface area contributed by atoms with Crippen molar-refractivity contribution in [1.29, 1.82) is 0 Å². The number of ether oxygens (including phenoxy) is 2. The number of aromatic nitrogens is 4. The Bertz CT molecular complexity index is 2080. The molecule has 1 aliphatic heterocycles. The first kappa shape index (κ1) is 33.7. The van der Waals surface area contributed by atoms with E-state index in [4.69, 9.17) is 37.7 Å². The number of halogens is 2. The van der Waals surface area contributed by atoms with Gasteiger partial charge in [0.25, 0.3) is 0 Å². The Labute approximate surface area is 291 Å². The molecule has 0 spiro atoms. The van der Waals surface area contributed by atoms with Crippen LogP contribution < -0.4 is 9.47 Å². The molecule has 0 atom stereocenters. The minimum absolute atomic E-state index is 0.0145. The Morgan fingerprint density at radius 1 is 1.00 bits per heavy atom. The van der Waals surface area contributed by atoms with Gasteiger partial charge in [-0.2, -0.15) is 0 Å². The predicted octanol–water partition coefficient (Wildman–Crippen LogP) is 6.75. The molecular weight excluding hydrogens is 671 g/mol. The number of methoxy groups -OCH3 is 2. The van der Waals surface area contributed by atoms with Crippen molar-refractivity contribution in [2.24, 2.45) is 0 Å². The Kier molecular flexibility index (Phi) is 9.70. The van der Waals surface area contributed by atoms with Gasteiger partial charge in [0, 0.05) is 72.5 Å². The molecule has 12 nitrogen and oxygen atoms in total. The number of pyridine rings is 3. The highest BCUT2D eigenvalue weighted by atomic mass is 35.5. The lowest BCUT2D eigenvalue weighted by Gasteiger charge is -2.37. The molecular formula is C35H32Cl2N6O6. The van der Waals surface area contributed by atoms with Gasteiger partial charge in [-0.25, -0.2) is 14.8 Å². The van der Waals surface area contributed by atoms with Crippen molar-refractivity contribution in [2.45, 2.75) is 32.4 Å². The van der Waals surface area contributed by atoms with Crippen LogP contribution in [0.15, 0.2) is 61.1 Å². The molecule has 1 fully saturated rings. The van der Waals surface area contributed by atoms with Crippen LogP contribution in [0.25, 0.3) is 39.3 Å². The monoisotopic (exact) mass is 702 g/mol. The molecule has 4 aromatic heterocycles. The number of fused-ring (bicyclic) bond motifs is 1. The van der Waals surface area contributed by atoms with Gasteiger partial charge in [-0.1, -0.05) is 41.4 Å². The number of likely N-dealkylation sites (tertiary alicyclic amines) is 1. The van der Waals surface area contributed by atoms with Crippen molar-refractivity contribution < 1.29 is 29.0 Å². The maximum Gasteiger partial charge on any atom is 0.407 e. The third-order valence-electron chi connectivity index (χ3n) is 8.67. The van der Waals surface area contributed by atoms with Crippen LogP contribution in [-0.4, -0.2) is 85.9 Å². The van der Waals surface area contributed by atoms with Gasteiger partial charge in [-0.15, -0.1) is 0 Å². The predicted molar refractivity (Wildman–Crippen MR) is 184 cm³/mol. The van der Waals surface area contributed by atoms with Crippen molar-refractivity contribution in [2.75, 3.05) is 27.3 Å². The number of aldehydes is 1. The van der Waals surface area contributed by atoms with E-state index in [0.717, 1.165) is 0 Å².